The van der Waals surface area contributed by atoms with Gasteiger partial charge in [-0.1, -0.05) is 0 Å². The number of anilines is 1. The lowest BCUT2D eigenvalue weighted by atomic mass is 9.97. The summed E-state index contributed by atoms with van der Waals surface area (Å²) in [6.07, 6.45) is 0.444. The molecule has 2 saturated heterocycles. The maximum absolute atomic E-state index is 12.4. The van der Waals surface area contributed by atoms with Gasteiger partial charge in [0.2, 0.25) is 0 Å². The van der Waals surface area contributed by atoms with Crippen LogP contribution in [0.3, 0.4) is 0 Å². The van der Waals surface area contributed by atoms with Crippen LogP contribution in [0.2, 0.25) is 0 Å². The minimum absolute atomic E-state index is 0. The highest BCUT2D eigenvalue weighted by Gasteiger charge is 2.45. The molecule has 3 rings (SSSR count). The predicted octanol–water partition coefficient (Wildman–Crippen LogP) is 1.99. The van der Waals surface area contributed by atoms with Gasteiger partial charge in [0, 0.05) is 18.1 Å². The van der Waals surface area contributed by atoms with Crippen molar-refractivity contribution in [1.82, 2.24) is 9.97 Å². The molecule has 0 saturated carbocycles. The molecule has 2 fully saturated rings. The van der Waals surface area contributed by atoms with Gasteiger partial charge in [0.15, 0.2) is 5.69 Å². The normalized spacial score (nSPS) is 29.5. The summed E-state index contributed by atoms with van der Waals surface area (Å²) < 4.78 is 37.2. The van der Waals surface area contributed by atoms with E-state index >= 15 is 0 Å². The molecular weight excluding hydrogens is 281 g/mol. The van der Waals surface area contributed by atoms with E-state index in [0.29, 0.717) is 11.9 Å². The Morgan fingerprint density at radius 3 is 2.37 bits per heavy atom. The van der Waals surface area contributed by atoms with Gasteiger partial charge >= 0.3 is 6.18 Å². The second-order valence-electron chi connectivity index (χ2n) is 4.86. The second kappa shape index (κ2) is 4.79. The molecule has 2 bridgehead atoms. The molecule has 0 radical (unpaired) electrons. The predicted molar refractivity (Wildman–Crippen MR) is 66.2 cm³/mol. The van der Waals surface area contributed by atoms with Crippen molar-refractivity contribution in [2.75, 3.05) is 4.90 Å². The van der Waals surface area contributed by atoms with Gasteiger partial charge in [0.25, 0.3) is 0 Å². The van der Waals surface area contributed by atoms with Crippen molar-refractivity contribution in [1.29, 1.82) is 0 Å². The van der Waals surface area contributed by atoms with E-state index in [9.17, 15) is 13.2 Å². The van der Waals surface area contributed by atoms with Crippen LogP contribution in [0.15, 0.2) is 12.4 Å². The standard InChI is InChI=1S/C11H13F3N4.ClH/c12-11(13,14)9-4-17-10(5-16-9)18-6-1-2-8(18)7(15)3-6;/h4-8H,1-3,15H2;1H/t6-,7-,8+;/m1./s1. The van der Waals surface area contributed by atoms with Gasteiger partial charge in [-0.05, 0) is 19.3 Å². The van der Waals surface area contributed by atoms with Crippen LogP contribution in [0, 0.1) is 0 Å². The third kappa shape index (κ3) is 2.36. The van der Waals surface area contributed by atoms with E-state index in [-0.39, 0.29) is 24.5 Å². The molecule has 4 nitrogen and oxygen atoms in total. The highest BCUT2D eigenvalue weighted by Crippen LogP contribution is 2.39. The van der Waals surface area contributed by atoms with Crippen LogP contribution >= 0.6 is 12.4 Å². The van der Waals surface area contributed by atoms with Crippen LogP contribution in [0.5, 0.6) is 0 Å². The number of aromatic nitrogens is 2. The molecule has 1 aromatic heterocycles. The Balaban J connectivity index is 0.00000133. The van der Waals surface area contributed by atoms with E-state index in [1.54, 1.807) is 0 Å². The number of rotatable bonds is 1. The Morgan fingerprint density at radius 1 is 1.21 bits per heavy atom. The fourth-order valence-corrected chi connectivity index (χ4v) is 2.99. The molecule has 1 aromatic rings. The molecule has 0 spiro atoms. The molecule has 0 aromatic carbocycles. The molecule has 0 aliphatic carbocycles. The fourth-order valence-electron chi connectivity index (χ4n) is 2.99. The van der Waals surface area contributed by atoms with Crippen LogP contribution in [0.25, 0.3) is 0 Å². The first-order valence-electron chi connectivity index (χ1n) is 5.90. The smallest absolute Gasteiger partial charge is 0.348 e. The molecule has 2 aliphatic rings. The lowest BCUT2D eigenvalue weighted by Gasteiger charge is -2.23. The molecule has 3 atom stereocenters. The van der Waals surface area contributed by atoms with Gasteiger partial charge in [-0.3, -0.25) is 0 Å². The monoisotopic (exact) mass is 294 g/mol. The number of alkyl halides is 3. The van der Waals surface area contributed by atoms with Gasteiger partial charge in [0.05, 0.1) is 12.4 Å². The van der Waals surface area contributed by atoms with E-state index in [2.05, 4.69) is 9.97 Å². The summed E-state index contributed by atoms with van der Waals surface area (Å²) in [5.74, 6) is 0.503. The van der Waals surface area contributed by atoms with Gasteiger partial charge in [-0.2, -0.15) is 13.2 Å². The fraction of sp³-hybridized carbons (Fsp3) is 0.636. The zero-order valence-corrected chi connectivity index (χ0v) is 10.8. The third-order valence-electron chi connectivity index (χ3n) is 3.78. The van der Waals surface area contributed by atoms with Crippen LogP contribution in [0.1, 0.15) is 25.0 Å². The van der Waals surface area contributed by atoms with E-state index in [0.717, 1.165) is 25.5 Å². The maximum Gasteiger partial charge on any atom is 0.434 e. The lowest BCUT2D eigenvalue weighted by Crippen LogP contribution is -2.37. The SMILES string of the molecule is Cl.N[C@@H]1C[C@H]2CC[C@@H]1N2c1cnc(C(F)(F)F)cn1. The third-order valence-corrected chi connectivity index (χ3v) is 3.78. The topological polar surface area (TPSA) is 55.0 Å². The molecule has 106 valence electrons. The summed E-state index contributed by atoms with van der Waals surface area (Å²) in [7, 11) is 0. The van der Waals surface area contributed by atoms with Crippen molar-refractivity contribution >= 4 is 18.2 Å². The number of fused-ring (bicyclic) bond motifs is 2. The summed E-state index contributed by atoms with van der Waals surface area (Å²) in [6, 6.07) is 0.588. The molecule has 0 amide bonds. The molecule has 0 unspecified atom stereocenters. The van der Waals surface area contributed by atoms with Crippen molar-refractivity contribution in [3.63, 3.8) is 0 Å². The average Bonchev–Trinajstić information content (AvgIpc) is 2.84. The minimum Gasteiger partial charge on any atom is -0.348 e. The van der Waals surface area contributed by atoms with E-state index in [1.807, 2.05) is 4.90 Å². The maximum atomic E-state index is 12.4. The molecule has 3 heterocycles. The van der Waals surface area contributed by atoms with Crippen molar-refractivity contribution < 1.29 is 13.2 Å². The highest BCUT2D eigenvalue weighted by molar-refractivity contribution is 5.85. The van der Waals surface area contributed by atoms with Crippen LogP contribution < -0.4 is 10.6 Å². The lowest BCUT2D eigenvalue weighted by molar-refractivity contribution is -0.141. The molecule has 8 heteroatoms. The van der Waals surface area contributed by atoms with Crippen LogP contribution in [-0.4, -0.2) is 28.1 Å². The Bertz CT molecular complexity index is 450. The van der Waals surface area contributed by atoms with Crippen molar-refractivity contribution in [2.24, 2.45) is 5.73 Å². The highest BCUT2D eigenvalue weighted by atomic mass is 35.5. The van der Waals surface area contributed by atoms with Crippen LogP contribution in [-0.2, 0) is 6.18 Å². The van der Waals surface area contributed by atoms with Crippen molar-refractivity contribution in [3.8, 4) is 0 Å². The first kappa shape index (κ1) is 14.3. The average molecular weight is 295 g/mol. The number of hydrogen-bond acceptors (Lipinski definition) is 4. The van der Waals surface area contributed by atoms with E-state index in [1.165, 1.54) is 6.20 Å². The first-order valence-corrected chi connectivity index (χ1v) is 5.90. The zero-order chi connectivity index (χ0) is 12.9. The summed E-state index contributed by atoms with van der Waals surface area (Å²) in [4.78, 5) is 9.36. The summed E-state index contributed by atoms with van der Waals surface area (Å²) in [5, 5.41) is 0. The van der Waals surface area contributed by atoms with Gasteiger partial charge in [0.1, 0.15) is 5.82 Å². The summed E-state index contributed by atoms with van der Waals surface area (Å²) >= 11 is 0. The number of hydrogen-bond donors (Lipinski definition) is 1. The molecule has 19 heavy (non-hydrogen) atoms. The summed E-state index contributed by atoms with van der Waals surface area (Å²) in [5.41, 5.74) is 5.02. The van der Waals surface area contributed by atoms with Crippen molar-refractivity contribution in [3.05, 3.63) is 18.1 Å². The largest absolute Gasteiger partial charge is 0.434 e. The van der Waals surface area contributed by atoms with Crippen molar-refractivity contribution in [2.45, 2.75) is 43.6 Å². The number of nitrogens with two attached hydrogens (primary N) is 1. The Labute approximate surface area is 114 Å². The van der Waals surface area contributed by atoms with E-state index < -0.39 is 11.9 Å². The Hall–Kier alpha value is -1.08. The van der Waals surface area contributed by atoms with Crippen LogP contribution in [0.4, 0.5) is 19.0 Å². The molecular formula is C11H14ClF3N4. The minimum atomic E-state index is -4.44. The van der Waals surface area contributed by atoms with Gasteiger partial charge in [-0.15, -0.1) is 12.4 Å². The second-order valence-corrected chi connectivity index (χ2v) is 4.86. The van der Waals surface area contributed by atoms with E-state index in [4.69, 9.17) is 5.73 Å². The first-order chi connectivity index (χ1) is 8.47. The summed E-state index contributed by atoms with van der Waals surface area (Å²) in [6.45, 7) is 0. The molecule has 2 N–H and O–H groups in total. The Kier molecular flexibility index (Phi) is 3.61. The zero-order valence-electron chi connectivity index (χ0n) is 9.97. The number of nitrogens with zero attached hydrogens (tertiary/aromatic N) is 3. The van der Waals surface area contributed by atoms with Gasteiger partial charge < -0.3 is 10.6 Å². The molecule has 2 aliphatic heterocycles. The Morgan fingerprint density at radius 2 is 1.95 bits per heavy atom. The number of halogens is 4. The van der Waals surface area contributed by atoms with Gasteiger partial charge in [-0.25, -0.2) is 9.97 Å². The quantitative estimate of drug-likeness (QED) is 0.860.